The topological polar surface area (TPSA) is 20.3 Å². The Morgan fingerprint density at radius 1 is 1.33 bits per heavy atom. The van der Waals surface area contributed by atoms with Crippen LogP contribution in [0.3, 0.4) is 0 Å². The average Bonchev–Trinajstić information content (AvgIpc) is 2.26. The highest BCUT2D eigenvalue weighted by Crippen LogP contribution is 2.27. The summed E-state index contributed by atoms with van der Waals surface area (Å²) in [4.78, 5) is 13.4. The van der Waals surface area contributed by atoms with Crippen LogP contribution in [-0.2, 0) is 0 Å². The number of Topliss-reactive ketones (excluding diaryl/α,β-unsaturated/α-hetero) is 1. The Morgan fingerprint density at radius 3 is 2.44 bits per heavy atom. The first-order valence-electron chi connectivity index (χ1n) is 6.36. The zero-order valence-corrected chi connectivity index (χ0v) is 11.8. The van der Waals surface area contributed by atoms with Gasteiger partial charge in [-0.1, -0.05) is 19.9 Å². The van der Waals surface area contributed by atoms with E-state index in [1.807, 2.05) is 11.9 Å². The zero-order valence-electron chi connectivity index (χ0n) is 11.8. The molecule has 0 aliphatic rings. The van der Waals surface area contributed by atoms with Gasteiger partial charge in [-0.2, -0.15) is 0 Å². The lowest BCUT2D eigenvalue weighted by Gasteiger charge is -2.30. The minimum atomic E-state index is -0.333. The number of halogens is 1. The molecular formula is C15H22FNO. The molecule has 3 heteroatoms. The van der Waals surface area contributed by atoms with Crippen LogP contribution in [0.4, 0.5) is 10.1 Å². The summed E-state index contributed by atoms with van der Waals surface area (Å²) < 4.78 is 14.0. The van der Waals surface area contributed by atoms with Gasteiger partial charge in [-0.25, -0.2) is 4.39 Å². The Kier molecular flexibility index (Phi) is 4.88. The van der Waals surface area contributed by atoms with Gasteiger partial charge in [0, 0.05) is 18.7 Å². The monoisotopic (exact) mass is 251 g/mol. The second-order valence-corrected chi connectivity index (χ2v) is 5.28. The van der Waals surface area contributed by atoms with E-state index < -0.39 is 0 Å². The molecule has 0 aromatic heterocycles. The van der Waals surface area contributed by atoms with Gasteiger partial charge in [-0.3, -0.25) is 4.79 Å². The van der Waals surface area contributed by atoms with E-state index in [1.165, 1.54) is 13.0 Å². The van der Waals surface area contributed by atoms with Crippen molar-refractivity contribution in [3.8, 4) is 0 Å². The normalized spacial score (nSPS) is 12.6. The van der Waals surface area contributed by atoms with Crippen molar-refractivity contribution in [3.05, 3.63) is 29.6 Å². The molecule has 0 spiro atoms. The van der Waals surface area contributed by atoms with Crippen LogP contribution < -0.4 is 4.90 Å². The summed E-state index contributed by atoms with van der Waals surface area (Å²) in [6.07, 6.45) is 0.960. The van der Waals surface area contributed by atoms with Crippen molar-refractivity contribution in [3.63, 3.8) is 0 Å². The molecule has 0 saturated carbocycles. The Morgan fingerprint density at radius 2 is 1.94 bits per heavy atom. The zero-order chi connectivity index (χ0) is 13.9. The molecule has 0 aliphatic heterocycles. The fraction of sp³-hybridized carbons (Fsp3) is 0.533. The molecule has 1 aromatic rings. The van der Waals surface area contributed by atoms with Gasteiger partial charge < -0.3 is 4.90 Å². The van der Waals surface area contributed by atoms with E-state index in [0.29, 0.717) is 17.2 Å². The molecule has 1 aromatic carbocycles. The summed E-state index contributed by atoms with van der Waals surface area (Å²) in [6, 6.07) is 4.86. The molecule has 2 nitrogen and oxygen atoms in total. The summed E-state index contributed by atoms with van der Waals surface area (Å²) in [6.45, 7) is 7.80. The lowest BCUT2D eigenvalue weighted by molar-refractivity contribution is 0.101. The molecule has 1 unspecified atom stereocenters. The molecule has 0 saturated heterocycles. The maximum Gasteiger partial charge on any atom is 0.161 e. The molecule has 18 heavy (non-hydrogen) atoms. The number of hydrogen-bond donors (Lipinski definition) is 0. The number of anilines is 1. The van der Waals surface area contributed by atoms with Gasteiger partial charge in [-0.15, -0.1) is 0 Å². The first kappa shape index (κ1) is 14.7. The molecule has 0 amide bonds. The van der Waals surface area contributed by atoms with Crippen molar-refractivity contribution in [1.29, 1.82) is 0 Å². The third-order valence-electron chi connectivity index (χ3n) is 3.19. The van der Waals surface area contributed by atoms with Crippen molar-refractivity contribution in [2.45, 2.75) is 40.2 Å². The molecule has 0 heterocycles. The summed E-state index contributed by atoms with van der Waals surface area (Å²) in [5.74, 6) is 0.101. The van der Waals surface area contributed by atoms with Crippen molar-refractivity contribution in [2.24, 2.45) is 5.92 Å². The molecule has 0 N–H and O–H groups in total. The third kappa shape index (κ3) is 3.31. The van der Waals surface area contributed by atoms with E-state index >= 15 is 0 Å². The van der Waals surface area contributed by atoms with Crippen LogP contribution in [0.2, 0.25) is 0 Å². The predicted molar refractivity (Wildman–Crippen MR) is 73.7 cm³/mol. The minimum Gasteiger partial charge on any atom is -0.369 e. The molecule has 0 aliphatic carbocycles. The lowest BCUT2D eigenvalue weighted by atomic mass is 10.0. The number of benzene rings is 1. The van der Waals surface area contributed by atoms with E-state index in [1.54, 1.807) is 12.1 Å². The summed E-state index contributed by atoms with van der Waals surface area (Å²) in [5, 5.41) is 0. The van der Waals surface area contributed by atoms with Gasteiger partial charge in [0.1, 0.15) is 5.82 Å². The van der Waals surface area contributed by atoms with Gasteiger partial charge in [-0.05, 0) is 38.3 Å². The largest absolute Gasteiger partial charge is 0.369 e. The SMILES string of the molecule is CC(=O)c1cccc(F)c1N(C)C(C)CC(C)C. The van der Waals surface area contributed by atoms with Gasteiger partial charge in [0.15, 0.2) is 5.78 Å². The van der Waals surface area contributed by atoms with Crippen LogP contribution in [0, 0.1) is 11.7 Å². The van der Waals surface area contributed by atoms with Crippen molar-refractivity contribution in [2.75, 3.05) is 11.9 Å². The molecule has 0 bridgehead atoms. The van der Waals surface area contributed by atoms with Crippen LogP contribution in [0.1, 0.15) is 44.5 Å². The van der Waals surface area contributed by atoms with Crippen LogP contribution >= 0.6 is 0 Å². The quantitative estimate of drug-likeness (QED) is 0.740. The maximum atomic E-state index is 14.0. The second kappa shape index (κ2) is 5.98. The molecule has 0 radical (unpaired) electrons. The Hall–Kier alpha value is -1.38. The van der Waals surface area contributed by atoms with E-state index in [4.69, 9.17) is 0 Å². The summed E-state index contributed by atoms with van der Waals surface area (Å²) in [7, 11) is 1.85. The van der Waals surface area contributed by atoms with E-state index in [-0.39, 0.29) is 17.6 Å². The van der Waals surface area contributed by atoms with E-state index in [2.05, 4.69) is 20.8 Å². The fourth-order valence-corrected chi connectivity index (χ4v) is 2.22. The maximum absolute atomic E-state index is 14.0. The van der Waals surface area contributed by atoms with Crippen LogP contribution in [0.25, 0.3) is 0 Å². The number of para-hydroxylation sites is 1. The Balaban J connectivity index is 3.11. The molecule has 1 atom stereocenters. The number of carbonyl (C=O) groups excluding carboxylic acids is 1. The average molecular weight is 251 g/mol. The Labute approximate surface area is 109 Å². The fourth-order valence-electron chi connectivity index (χ4n) is 2.22. The second-order valence-electron chi connectivity index (χ2n) is 5.28. The van der Waals surface area contributed by atoms with Gasteiger partial charge >= 0.3 is 0 Å². The number of nitrogens with zero attached hydrogens (tertiary/aromatic N) is 1. The van der Waals surface area contributed by atoms with Gasteiger partial charge in [0.2, 0.25) is 0 Å². The highest BCUT2D eigenvalue weighted by molar-refractivity contribution is 5.99. The highest BCUT2D eigenvalue weighted by Gasteiger charge is 2.20. The van der Waals surface area contributed by atoms with Crippen LogP contribution in [-0.4, -0.2) is 18.9 Å². The molecule has 100 valence electrons. The predicted octanol–water partition coefficient (Wildman–Crippen LogP) is 3.90. The molecular weight excluding hydrogens is 229 g/mol. The number of rotatable bonds is 5. The van der Waals surface area contributed by atoms with E-state index in [0.717, 1.165) is 6.42 Å². The summed E-state index contributed by atoms with van der Waals surface area (Å²) in [5.41, 5.74) is 0.867. The Bertz CT molecular complexity index is 429. The first-order chi connectivity index (χ1) is 8.34. The standard InChI is InChI=1S/C15H22FNO/c1-10(2)9-11(3)17(5)15-13(12(4)18)7-6-8-14(15)16/h6-8,10-11H,9H2,1-5H3. The highest BCUT2D eigenvalue weighted by atomic mass is 19.1. The van der Waals surface area contributed by atoms with Crippen molar-refractivity contribution in [1.82, 2.24) is 0 Å². The van der Waals surface area contributed by atoms with Gasteiger partial charge in [0.05, 0.1) is 5.69 Å². The minimum absolute atomic E-state index is 0.104. The number of carbonyl (C=O) groups is 1. The number of hydrogen-bond acceptors (Lipinski definition) is 2. The third-order valence-corrected chi connectivity index (χ3v) is 3.19. The molecule has 0 fully saturated rings. The van der Waals surface area contributed by atoms with Crippen molar-refractivity contribution >= 4 is 11.5 Å². The first-order valence-corrected chi connectivity index (χ1v) is 6.36. The van der Waals surface area contributed by atoms with Crippen LogP contribution in [0.15, 0.2) is 18.2 Å². The lowest BCUT2D eigenvalue weighted by Crippen LogP contribution is -2.32. The number of ketones is 1. The van der Waals surface area contributed by atoms with Crippen molar-refractivity contribution < 1.29 is 9.18 Å². The summed E-state index contributed by atoms with van der Waals surface area (Å²) >= 11 is 0. The van der Waals surface area contributed by atoms with Gasteiger partial charge in [0.25, 0.3) is 0 Å². The van der Waals surface area contributed by atoms with Crippen LogP contribution in [0.5, 0.6) is 0 Å². The smallest absolute Gasteiger partial charge is 0.161 e. The molecule has 1 rings (SSSR count). The van der Waals surface area contributed by atoms with E-state index in [9.17, 15) is 9.18 Å².